The second kappa shape index (κ2) is 15.9. The van der Waals surface area contributed by atoms with E-state index in [-0.39, 0.29) is 13.1 Å². The first kappa shape index (κ1) is 33.3. The molecular formula is C32H47N3O7. The summed E-state index contributed by atoms with van der Waals surface area (Å²) in [6.07, 6.45) is -1.20. The summed E-state index contributed by atoms with van der Waals surface area (Å²) in [5, 5.41) is 30.9. The lowest BCUT2D eigenvalue weighted by Gasteiger charge is -2.34. The molecule has 0 spiro atoms. The maximum atomic E-state index is 12.9. The maximum absolute atomic E-state index is 12.9. The highest BCUT2D eigenvalue weighted by atomic mass is 16.6. The van der Waals surface area contributed by atoms with Gasteiger partial charge in [-0.2, -0.15) is 0 Å². The smallest absolute Gasteiger partial charge is 0.407 e. The Morgan fingerprint density at radius 2 is 1.29 bits per heavy atom. The van der Waals surface area contributed by atoms with Crippen molar-refractivity contribution < 1.29 is 34.0 Å². The molecule has 10 nitrogen and oxygen atoms in total. The maximum Gasteiger partial charge on any atom is 0.407 e. The normalized spacial score (nSPS) is 17.8. The van der Waals surface area contributed by atoms with Gasteiger partial charge in [0.1, 0.15) is 11.2 Å². The lowest BCUT2D eigenvalue weighted by Crippen LogP contribution is -2.53. The van der Waals surface area contributed by atoms with Gasteiger partial charge in [-0.25, -0.2) is 9.59 Å². The third kappa shape index (κ3) is 12.0. The highest BCUT2D eigenvalue weighted by Crippen LogP contribution is 2.24. The molecule has 2 amide bonds. The van der Waals surface area contributed by atoms with Gasteiger partial charge >= 0.3 is 12.2 Å². The summed E-state index contributed by atoms with van der Waals surface area (Å²) in [6, 6.07) is 17.8. The predicted octanol–water partition coefficient (Wildman–Crippen LogP) is 3.34. The number of amides is 2. The number of benzene rings is 2. The molecule has 0 saturated carbocycles. The van der Waals surface area contributed by atoms with Crippen LogP contribution in [0.3, 0.4) is 0 Å². The number of hydrogen-bond acceptors (Lipinski definition) is 8. The molecule has 0 aromatic heterocycles. The minimum atomic E-state index is -0.987. The number of ether oxygens (including phenoxy) is 3. The molecule has 1 aliphatic rings. The zero-order valence-electron chi connectivity index (χ0n) is 25.2. The molecule has 0 bridgehead atoms. The molecule has 1 heterocycles. The Labute approximate surface area is 249 Å². The molecule has 2 aromatic rings. The van der Waals surface area contributed by atoms with E-state index in [0.717, 1.165) is 11.1 Å². The molecule has 1 saturated heterocycles. The Morgan fingerprint density at radius 1 is 0.833 bits per heavy atom. The fourth-order valence-corrected chi connectivity index (χ4v) is 4.74. The van der Waals surface area contributed by atoms with Crippen LogP contribution >= 0.6 is 0 Å². The number of aliphatic hydroxyl groups is 2. The molecule has 2 aromatic carbocycles. The Balaban J connectivity index is 1.61. The predicted molar refractivity (Wildman–Crippen MR) is 160 cm³/mol. The quantitative estimate of drug-likeness (QED) is 0.241. The van der Waals surface area contributed by atoms with E-state index in [1.165, 1.54) is 0 Å². The Hall–Kier alpha value is -3.18. The summed E-state index contributed by atoms with van der Waals surface area (Å²) < 4.78 is 16.5. The first-order valence-corrected chi connectivity index (χ1v) is 14.6. The van der Waals surface area contributed by atoms with E-state index in [9.17, 15) is 19.8 Å². The zero-order chi connectivity index (χ0) is 30.6. The first-order chi connectivity index (χ1) is 19.9. The van der Waals surface area contributed by atoms with Crippen molar-refractivity contribution in [3.05, 3.63) is 71.8 Å². The number of carbonyl (C=O) groups is 2. The van der Waals surface area contributed by atoms with E-state index in [1.54, 1.807) is 20.8 Å². The van der Waals surface area contributed by atoms with Crippen molar-refractivity contribution in [2.75, 3.05) is 26.3 Å². The fraction of sp³-hybridized carbons (Fsp3) is 0.562. The van der Waals surface area contributed by atoms with Gasteiger partial charge in [0.15, 0.2) is 0 Å². The lowest BCUT2D eigenvalue weighted by molar-refractivity contribution is -0.0611. The average Bonchev–Trinajstić information content (AvgIpc) is 2.92. The zero-order valence-corrected chi connectivity index (χ0v) is 25.2. The van der Waals surface area contributed by atoms with Gasteiger partial charge in [0.05, 0.1) is 37.5 Å². The molecule has 42 heavy (non-hydrogen) atoms. The summed E-state index contributed by atoms with van der Waals surface area (Å²) in [4.78, 5) is 25.4. The van der Waals surface area contributed by atoms with Gasteiger partial charge in [-0.05, 0) is 51.7 Å². The second-order valence-electron chi connectivity index (χ2n) is 12.1. The van der Waals surface area contributed by atoms with Gasteiger partial charge in [-0.3, -0.25) is 0 Å². The Bertz CT molecular complexity index is 1090. The fourth-order valence-electron chi connectivity index (χ4n) is 4.74. The Kier molecular flexibility index (Phi) is 12.6. The summed E-state index contributed by atoms with van der Waals surface area (Å²) in [5.41, 5.74) is 0.589. The highest BCUT2D eigenvalue weighted by molar-refractivity contribution is 5.68. The van der Waals surface area contributed by atoms with Crippen molar-refractivity contribution in [3.8, 4) is 0 Å². The average molecular weight is 586 g/mol. The van der Waals surface area contributed by atoms with Crippen molar-refractivity contribution in [3.63, 3.8) is 0 Å². The number of alkyl carbamates (subject to hydrolysis) is 2. The van der Waals surface area contributed by atoms with Crippen LogP contribution in [0, 0.1) is 0 Å². The molecule has 10 heteroatoms. The van der Waals surface area contributed by atoms with Crippen molar-refractivity contribution >= 4 is 12.2 Å². The third-order valence-electron chi connectivity index (χ3n) is 7.13. The van der Waals surface area contributed by atoms with Crippen molar-refractivity contribution in [2.45, 2.75) is 88.9 Å². The first-order valence-electron chi connectivity index (χ1n) is 14.6. The van der Waals surface area contributed by atoms with Crippen LogP contribution in [0.1, 0.15) is 51.7 Å². The molecule has 232 valence electrons. The van der Waals surface area contributed by atoms with E-state index in [2.05, 4.69) is 16.0 Å². The number of aliphatic hydroxyl groups excluding tert-OH is 2. The van der Waals surface area contributed by atoms with Gasteiger partial charge < -0.3 is 40.4 Å². The van der Waals surface area contributed by atoms with E-state index in [0.29, 0.717) is 38.9 Å². The summed E-state index contributed by atoms with van der Waals surface area (Å²) >= 11 is 0. The SMILES string of the molecule is CC(C)(C)OC(=O)N[C@@H](Cc1ccccc1)[C@H](O)CNC[C@@H](O)[C@H](Cc1ccccc1)NC(=O)OC1(C)CCOCC1. The standard InChI is InChI=1S/C32H47N3O7/c1-31(2,3)41-29(38)34-25(19-23-11-7-5-8-12-23)27(36)21-33-22-28(37)26(20-24-13-9-6-10-14-24)35-30(39)42-32(4)15-17-40-18-16-32/h5-14,25-28,33,36-37H,15-22H2,1-4H3,(H,34,38)(H,35,39)/t25-,26-,27+,28+/m0/s1. The minimum Gasteiger partial charge on any atom is -0.444 e. The van der Waals surface area contributed by atoms with Crippen LogP contribution in [0.4, 0.5) is 9.59 Å². The van der Waals surface area contributed by atoms with Crippen LogP contribution in [-0.2, 0) is 27.1 Å². The van der Waals surface area contributed by atoms with Crippen LogP contribution in [-0.4, -0.2) is 84.2 Å². The molecule has 1 fully saturated rings. The van der Waals surface area contributed by atoms with E-state index >= 15 is 0 Å². The van der Waals surface area contributed by atoms with Gasteiger partial charge in [0.2, 0.25) is 0 Å². The van der Waals surface area contributed by atoms with Crippen LogP contribution < -0.4 is 16.0 Å². The van der Waals surface area contributed by atoms with Gasteiger partial charge in [-0.1, -0.05) is 60.7 Å². The summed E-state index contributed by atoms with van der Waals surface area (Å²) in [6.45, 7) is 8.45. The topological polar surface area (TPSA) is 138 Å². The molecule has 4 atom stereocenters. The summed E-state index contributed by atoms with van der Waals surface area (Å²) in [7, 11) is 0. The number of hydrogen-bond donors (Lipinski definition) is 5. The monoisotopic (exact) mass is 585 g/mol. The molecule has 0 aliphatic carbocycles. The van der Waals surface area contributed by atoms with Gasteiger partial charge in [0, 0.05) is 25.9 Å². The van der Waals surface area contributed by atoms with Crippen LogP contribution in [0.15, 0.2) is 60.7 Å². The highest BCUT2D eigenvalue weighted by Gasteiger charge is 2.33. The van der Waals surface area contributed by atoms with Gasteiger partial charge in [-0.15, -0.1) is 0 Å². The molecular weight excluding hydrogens is 538 g/mol. The molecule has 1 aliphatic heterocycles. The van der Waals surface area contributed by atoms with Crippen LogP contribution in [0.25, 0.3) is 0 Å². The van der Waals surface area contributed by atoms with E-state index in [1.807, 2.05) is 67.6 Å². The van der Waals surface area contributed by atoms with Crippen molar-refractivity contribution in [1.29, 1.82) is 0 Å². The Morgan fingerprint density at radius 3 is 1.74 bits per heavy atom. The second-order valence-corrected chi connectivity index (χ2v) is 12.1. The summed E-state index contributed by atoms with van der Waals surface area (Å²) in [5.74, 6) is 0. The van der Waals surface area contributed by atoms with E-state index in [4.69, 9.17) is 14.2 Å². The molecule has 0 radical (unpaired) electrons. The van der Waals surface area contributed by atoms with Crippen LogP contribution in [0.2, 0.25) is 0 Å². The van der Waals surface area contributed by atoms with Crippen molar-refractivity contribution in [2.24, 2.45) is 0 Å². The largest absolute Gasteiger partial charge is 0.444 e. The number of rotatable bonds is 13. The van der Waals surface area contributed by atoms with Gasteiger partial charge in [0.25, 0.3) is 0 Å². The van der Waals surface area contributed by atoms with Crippen LogP contribution in [0.5, 0.6) is 0 Å². The number of carbonyl (C=O) groups excluding carboxylic acids is 2. The molecule has 3 rings (SSSR count). The molecule has 5 N–H and O–H groups in total. The van der Waals surface area contributed by atoms with E-state index < -0.39 is 47.7 Å². The minimum absolute atomic E-state index is 0.0877. The molecule has 0 unspecified atom stereocenters. The third-order valence-corrected chi connectivity index (χ3v) is 7.13. The number of nitrogens with one attached hydrogen (secondary N) is 3. The van der Waals surface area contributed by atoms with Crippen molar-refractivity contribution in [1.82, 2.24) is 16.0 Å². The lowest BCUT2D eigenvalue weighted by atomic mass is 9.97.